The van der Waals surface area contributed by atoms with Gasteiger partial charge in [0.25, 0.3) is 5.91 Å². The zero-order chi connectivity index (χ0) is 18.9. The number of methoxy groups -OCH3 is 2. The van der Waals surface area contributed by atoms with E-state index in [0.29, 0.717) is 22.9 Å². The van der Waals surface area contributed by atoms with Gasteiger partial charge in [0.05, 0.1) is 14.2 Å². The van der Waals surface area contributed by atoms with Crippen molar-refractivity contribution >= 4 is 17.4 Å². The van der Waals surface area contributed by atoms with E-state index in [4.69, 9.17) is 9.47 Å². The highest BCUT2D eigenvalue weighted by atomic mass is 16.5. The van der Waals surface area contributed by atoms with E-state index >= 15 is 0 Å². The van der Waals surface area contributed by atoms with Crippen LogP contribution in [0.15, 0.2) is 30.6 Å². The van der Waals surface area contributed by atoms with Crippen LogP contribution in [0, 0.1) is 0 Å². The summed E-state index contributed by atoms with van der Waals surface area (Å²) in [6.07, 6.45) is 3.45. The number of ether oxygens (including phenoxy) is 2. The van der Waals surface area contributed by atoms with E-state index in [-0.39, 0.29) is 5.91 Å². The molecule has 1 heterocycles. The fraction of sp³-hybridized carbons (Fsp3) is 0.421. The summed E-state index contributed by atoms with van der Waals surface area (Å²) in [5.41, 5.74) is 0.925. The minimum absolute atomic E-state index is 0.297. The van der Waals surface area contributed by atoms with Crippen LogP contribution in [-0.4, -0.2) is 43.2 Å². The molecule has 0 atom stereocenters. The maximum Gasteiger partial charge on any atom is 0.274 e. The normalized spacial score (nSPS) is 10.3. The van der Waals surface area contributed by atoms with Gasteiger partial charge < -0.3 is 19.7 Å². The topological polar surface area (TPSA) is 76.6 Å². The third-order valence-electron chi connectivity index (χ3n) is 3.84. The van der Waals surface area contributed by atoms with Gasteiger partial charge in [-0.1, -0.05) is 13.8 Å². The van der Waals surface area contributed by atoms with Gasteiger partial charge in [-0.2, -0.15) is 0 Å². The summed E-state index contributed by atoms with van der Waals surface area (Å²) in [6.45, 7) is 6.02. The Morgan fingerprint density at radius 2 is 1.73 bits per heavy atom. The molecule has 26 heavy (non-hydrogen) atoms. The summed E-state index contributed by atoms with van der Waals surface area (Å²) in [5, 5.41) is 2.83. The number of anilines is 2. The fourth-order valence-electron chi connectivity index (χ4n) is 2.63. The van der Waals surface area contributed by atoms with E-state index in [1.807, 2.05) is 0 Å². The van der Waals surface area contributed by atoms with E-state index in [0.717, 1.165) is 31.7 Å². The van der Waals surface area contributed by atoms with Crippen LogP contribution in [0.4, 0.5) is 11.5 Å². The lowest BCUT2D eigenvalue weighted by Crippen LogP contribution is -2.26. The van der Waals surface area contributed by atoms with Crippen LogP contribution in [0.5, 0.6) is 11.5 Å². The molecule has 1 amide bonds. The van der Waals surface area contributed by atoms with Crippen LogP contribution in [-0.2, 0) is 0 Å². The maximum atomic E-state index is 12.6. The number of hydrogen-bond donors (Lipinski definition) is 1. The highest BCUT2D eigenvalue weighted by Gasteiger charge is 2.14. The average molecular weight is 358 g/mol. The Kier molecular flexibility index (Phi) is 7.20. The Balaban J connectivity index is 2.18. The number of rotatable bonds is 9. The van der Waals surface area contributed by atoms with Crippen molar-refractivity contribution in [3.05, 3.63) is 36.3 Å². The Bertz CT molecular complexity index is 730. The molecule has 0 bridgehead atoms. The Labute approximate surface area is 154 Å². The lowest BCUT2D eigenvalue weighted by atomic mass is 10.2. The molecule has 0 aliphatic heterocycles. The van der Waals surface area contributed by atoms with Gasteiger partial charge >= 0.3 is 0 Å². The van der Waals surface area contributed by atoms with Gasteiger partial charge in [-0.05, 0) is 25.0 Å². The predicted molar refractivity (Wildman–Crippen MR) is 102 cm³/mol. The fourth-order valence-corrected chi connectivity index (χ4v) is 2.63. The van der Waals surface area contributed by atoms with Gasteiger partial charge in [-0.25, -0.2) is 9.97 Å². The number of hydrogen-bond acceptors (Lipinski definition) is 6. The highest BCUT2D eigenvalue weighted by Crippen LogP contribution is 2.29. The van der Waals surface area contributed by atoms with Gasteiger partial charge in [-0.3, -0.25) is 4.79 Å². The summed E-state index contributed by atoms with van der Waals surface area (Å²) < 4.78 is 10.5. The third-order valence-corrected chi connectivity index (χ3v) is 3.84. The predicted octanol–water partition coefficient (Wildman–Crippen LogP) is 3.37. The zero-order valence-electron chi connectivity index (χ0n) is 15.8. The van der Waals surface area contributed by atoms with Gasteiger partial charge in [0.2, 0.25) is 0 Å². The Hall–Kier alpha value is -2.83. The van der Waals surface area contributed by atoms with E-state index < -0.39 is 0 Å². The van der Waals surface area contributed by atoms with E-state index in [9.17, 15) is 4.79 Å². The average Bonchev–Trinajstić information content (AvgIpc) is 2.67. The molecule has 1 N–H and O–H groups in total. The molecule has 2 aromatic rings. The van der Waals surface area contributed by atoms with Crippen molar-refractivity contribution in [1.29, 1.82) is 0 Å². The second-order valence-electron chi connectivity index (χ2n) is 5.77. The van der Waals surface area contributed by atoms with Crippen molar-refractivity contribution in [2.45, 2.75) is 26.7 Å². The van der Waals surface area contributed by atoms with Crippen LogP contribution in [0.2, 0.25) is 0 Å². The number of aromatic nitrogens is 2. The van der Waals surface area contributed by atoms with Crippen molar-refractivity contribution < 1.29 is 14.3 Å². The molecule has 0 radical (unpaired) electrons. The SMILES string of the molecule is CCCN(CCC)c1cc(C(=O)Nc2ccc(OC)c(OC)c2)ncn1. The second kappa shape index (κ2) is 9.60. The summed E-state index contributed by atoms with van der Waals surface area (Å²) in [4.78, 5) is 23.2. The van der Waals surface area contributed by atoms with E-state index in [1.54, 1.807) is 38.5 Å². The molecule has 1 aromatic carbocycles. The molecule has 0 fully saturated rings. The van der Waals surface area contributed by atoms with Gasteiger partial charge in [0, 0.05) is 30.9 Å². The van der Waals surface area contributed by atoms with Crippen LogP contribution < -0.4 is 19.7 Å². The van der Waals surface area contributed by atoms with Gasteiger partial charge in [0.1, 0.15) is 17.8 Å². The number of carbonyl (C=O) groups is 1. The standard InChI is InChI=1S/C19H26N4O3/c1-5-9-23(10-6-2)18-12-15(20-13-21-18)19(24)22-14-7-8-16(25-3)17(11-14)26-4/h7-8,11-13H,5-6,9-10H2,1-4H3,(H,22,24). The summed E-state index contributed by atoms with van der Waals surface area (Å²) in [5.74, 6) is 1.62. The molecule has 0 unspecified atom stereocenters. The maximum absolute atomic E-state index is 12.6. The number of amides is 1. The van der Waals surface area contributed by atoms with Gasteiger partial charge in [-0.15, -0.1) is 0 Å². The molecule has 0 saturated carbocycles. The Morgan fingerprint density at radius 1 is 1.04 bits per heavy atom. The quantitative estimate of drug-likeness (QED) is 0.741. The summed E-state index contributed by atoms with van der Waals surface area (Å²) in [7, 11) is 3.12. The summed E-state index contributed by atoms with van der Waals surface area (Å²) in [6, 6.07) is 6.92. The van der Waals surface area contributed by atoms with Crippen molar-refractivity contribution in [2.24, 2.45) is 0 Å². The first kappa shape index (κ1) is 19.5. The Morgan fingerprint density at radius 3 is 2.35 bits per heavy atom. The molecular formula is C19H26N4O3. The molecule has 0 saturated heterocycles. The first-order valence-corrected chi connectivity index (χ1v) is 8.73. The molecule has 1 aromatic heterocycles. The minimum atomic E-state index is -0.297. The zero-order valence-corrected chi connectivity index (χ0v) is 15.8. The first-order valence-electron chi connectivity index (χ1n) is 8.73. The van der Waals surface area contributed by atoms with Crippen molar-refractivity contribution in [3.63, 3.8) is 0 Å². The smallest absolute Gasteiger partial charge is 0.274 e. The molecular weight excluding hydrogens is 332 g/mol. The highest BCUT2D eigenvalue weighted by molar-refractivity contribution is 6.03. The van der Waals surface area contributed by atoms with Crippen molar-refractivity contribution in [3.8, 4) is 11.5 Å². The van der Waals surface area contributed by atoms with Crippen molar-refractivity contribution in [1.82, 2.24) is 9.97 Å². The molecule has 2 rings (SSSR count). The minimum Gasteiger partial charge on any atom is -0.493 e. The number of benzene rings is 1. The van der Waals surface area contributed by atoms with Crippen LogP contribution in [0.25, 0.3) is 0 Å². The van der Waals surface area contributed by atoms with Crippen LogP contribution in [0.1, 0.15) is 37.2 Å². The van der Waals surface area contributed by atoms with E-state index in [1.165, 1.54) is 6.33 Å². The molecule has 140 valence electrons. The van der Waals surface area contributed by atoms with E-state index in [2.05, 4.69) is 34.0 Å². The molecule has 0 spiro atoms. The lowest BCUT2D eigenvalue weighted by Gasteiger charge is -2.22. The number of nitrogens with zero attached hydrogens (tertiary/aromatic N) is 3. The summed E-state index contributed by atoms with van der Waals surface area (Å²) >= 11 is 0. The van der Waals surface area contributed by atoms with Crippen LogP contribution >= 0.6 is 0 Å². The third kappa shape index (κ3) is 4.84. The van der Waals surface area contributed by atoms with Crippen molar-refractivity contribution in [2.75, 3.05) is 37.5 Å². The molecule has 7 heteroatoms. The number of carbonyl (C=O) groups excluding carboxylic acids is 1. The lowest BCUT2D eigenvalue weighted by molar-refractivity contribution is 0.102. The number of nitrogens with one attached hydrogen (secondary N) is 1. The monoisotopic (exact) mass is 358 g/mol. The second-order valence-corrected chi connectivity index (χ2v) is 5.77. The largest absolute Gasteiger partial charge is 0.493 e. The van der Waals surface area contributed by atoms with Gasteiger partial charge in [0.15, 0.2) is 11.5 Å². The first-order chi connectivity index (χ1) is 12.6. The molecule has 0 aliphatic carbocycles. The molecule has 0 aliphatic rings. The molecule has 7 nitrogen and oxygen atoms in total. The van der Waals surface area contributed by atoms with Crippen LogP contribution in [0.3, 0.4) is 0 Å².